The summed E-state index contributed by atoms with van der Waals surface area (Å²) in [5.74, 6) is -1.18. The summed E-state index contributed by atoms with van der Waals surface area (Å²) in [6.45, 7) is 1.94. The van der Waals surface area contributed by atoms with Crippen molar-refractivity contribution in [2.75, 3.05) is 13.1 Å². The molecule has 1 aromatic carbocycles. The number of benzene rings is 1. The second-order valence-electron chi connectivity index (χ2n) is 6.53. The van der Waals surface area contributed by atoms with Crippen LogP contribution in [-0.2, 0) is 17.8 Å². The fourth-order valence-electron chi connectivity index (χ4n) is 3.51. The third-order valence-electron chi connectivity index (χ3n) is 4.73. The predicted molar refractivity (Wildman–Crippen MR) is 88.9 cm³/mol. The van der Waals surface area contributed by atoms with E-state index in [1.807, 2.05) is 12.1 Å². The maximum Gasteiger partial charge on any atom is 0.311 e. The van der Waals surface area contributed by atoms with Gasteiger partial charge in [0.2, 0.25) is 0 Å². The summed E-state index contributed by atoms with van der Waals surface area (Å²) in [6.07, 6.45) is 5.10. The molecular weight excluding hydrogens is 307 g/mol. The van der Waals surface area contributed by atoms with Crippen LogP contribution < -0.4 is 0 Å². The second-order valence-corrected chi connectivity index (χ2v) is 6.53. The van der Waals surface area contributed by atoms with E-state index in [1.165, 1.54) is 6.07 Å². The van der Waals surface area contributed by atoms with E-state index in [-0.39, 0.29) is 12.2 Å². The van der Waals surface area contributed by atoms with Gasteiger partial charge in [0.05, 0.1) is 5.41 Å². The lowest BCUT2D eigenvalue weighted by Crippen LogP contribution is -2.48. The highest BCUT2D eigenvalue weighted by Crippen LogP contribution is 2.35. The zero-order valence-electron chi connectivity index (χ0n) is 13.5. The number of nitrogens with zero attached hydrogens (tertiary/aromatic N) is 2. The lowest BCUT2D eigenvalue weighted by atomic mass is 9.75. The molecule has 1 atom stereocenters. The maximum absolute atomic E-state index is 14.0. The average Bonchev–Trinajstić information content (AvgIpc) is 2.58. The van der Waals surface area contributed by atoms with Crippen molar-refractivity contribution >= 4 is 5.97 Å². The van der Waals surface area contributed by atoms with E-state index >= 15 is 0 Å². The molecular formula is C19H21FN2O2. The molecule has 2 aromatic rings. The number of carboxylic acids is 1. The molecule has 5 heteroatoms. The molecule has 4 nitrogen and oxygen atoms in total. The van der Waals surface area contributed by atoms with Crippen LogP contribution in [0, 0.1) is 11.2 Å². The number of aliphatic carboxylic acids is 1. The van der Waals surface area contributed by atoms with Gasteiger partial charge in [-0.3, -0.25) is 14.7 Å². The fourth-order valence-corrected chi connectivity index (χ4v) is 3.51. The number of hydrogen-bond acceptors (Lipinski definition) is 3. The molecule has 0 bridgehead atoms. The Labute approximate surface area is 141 Å². The van der Waals surface area contributed by atoms with Gasteiger partial charge in [-0.25, -0.2) is 4.39 Å². The van der Waals surface area contributed by atoms with Gasteiger partial charge < -0.3 is 5.11 Å². The van der Waals surface area contributed by atoms with Crippen LogP contribution in [0.2, 0.25) is 0 Å². The van der Waals surface area contributed by atoms with Crippen molar-refractivity contribution in [2.45, 2.75) is 25.8 Å². The van der Waals surface area contributed by atoms with E-state index in [1.54, 1.807) is 30.6 Å². The second kappa shape index (κ2) is 7.09. The van der Waals surface area contributed by atoms with E-state index in [9.17, 15) is 14.3 Å². The summed E-state index contributed by atoms with van der Waals surface area (Å²) >= 11 is 0. The molecule has 1 aromatic heterocycles. The first-order valence-corrected chi connectivity index (χ1v) is 8.17. The highest BCUT2D eigenvalue weighted by Gasteiger charge is 2.42. The van der Waals surface area contributed by atoms with Crippen LogP contribution in [0.15, 0.2) is 48.8 Å². The van der Waals surface area contributed by atoms with Gasteiger partial charge in [0.15, 0.2) is 0 Å². The number of aromatic nitrogens is 1. The van der Waals surface area contributed by atoms with Crippen LogP contribution in [0.1, 0.15) is 24.0 Å². The third-order valence-corrected chi connectivity index (χ3v) is 4.73. The zero-order chi connectivity index (χ0) is 17.0. The number of rotatable bonds is 5. The minimum absolute atomic E-state index is 0.221. The van der Waals surface area contributed by atoms with Crippen LogP contribution in [0.5, 0.6) is 0 Å². The van der Waals surface area contributed by atoms with Crippen molar-refractivity contribution in [3.63, 3.8) is 0 Å². The summed E-state index contributed by atoms with van der Waals surface area (Å²) in [7, 11) is 0. The number of carbonyl (C=O) groups is 1. The molecule has 1 aliphatic heterocycles. The van der Waals surface area contributed by atoms with E-state index in [0.29, 0.717) is 25.1 Å². The van der Waals surface area contributed by atoms with Crippen LogP contribution in [-0.4, -0.2) is 34.0 Å². The molecule has 1 aliphatic rings. The van der Waals surface area contributed by atoms with Gasteiger partial charge in [-0.1, -0.05) is 24.3 Å². The lowest BCUT2D eigenvalue weighted by Gasteiger charge is -2.40. The van der Waals surface area contributed by atoms with Crippen LogP contribution in [0.4, 0.5) is 4.39 Å². The zero-order valence-corrected chi connectivity index (χ0v) is 13.5. The van der Waals surface area contributed by atoms with Gasteiger partial charge in [-0.05, 0) is 49.1 Å². The van der Waals surface area contributed by atoms with Gasteiger partial charge >= 0.3 is 5.97 Å². The maximum atomic E-state index is 14.0. The summed E-state index contributed by atoms with van der Waals surface area (Å²) in [6, 6.07) is 10.3. The minimum atomic E-state index is -0.942. The summed E-state index contributed by atoms with van der Waals surface area (Å²) < 4.78 is 14.0. The van der Waals surface area contributed by atoms with Crippen molar-refractivity contribution in [1.82, 2.24) is 9.88 Å². The number of hydrogen-bond donors (Lipinski definition) is 1. The number of halogens is 1. The summed E-state index contributed by atoms with van der Waals surface area (Å²) in [5, 5.41) is 9.86. The Morgan fingerprint density at radius 2 is 2.12 bits per heavy atom. The number of piperidine rings is 1. The van der Waals surface area contributed by atoms with Gasteiger partial charge in [0.1, 0.15) is 5.82 Å². The van der Waals surface area contributed by atoms with Crippen LogP contribution >= 0.6 is 0 Å². The minimum Gasteiger partial charge on any atom is -0.481 e. The average molecular weight is 328 g/mol. The van der Waals surface area contributed by atoms with Crippen molar-refractivity contribution in [3.8, 4) is 0 Å². The highest BCUT2D eigenvalue weighted by atomic mass is 19.1. The predicted octanol–water partition coefficient (Wildman–Crippen LogP) is 3.13. The first-order chi connectivity index (χ1) is 11.6. The largest absolute Gasteiger partial charge is 0.481 e. The molecule has 2 heterocycles. The molecule has 1 N–H and O–H groups in total. The Morgan fingerprint density at radius 3 is 2.83 bits per heavy atom. The Balaban J connectivity index is 1.79. The smallest absolute Gasteiger partial charge is 0.311 e. The Bertz CT molecular complexity index is 708. The molecule has 24 heavy (non-hydrogen) atoms. The van der Waals surface area contributed by atoms with Gasteiger partial charge in [0.25, 0.3) is 0 Å². The summed E-state index contributed by atoms with van der Waals surface area (Å²) in [5.41, 5.74) is 0.593. The molecule has 0 saturated carbocycles. The quantitative estimate of drug-likeness (QED) is 0.916. The number of likely N-dealkylation sites (tertiary alicyclic amines) is 1. The van der Waals surface area contributed by atoms with Crippen molar-refractivity contribution < 1.29 is 14.3 Å². The van der Waals surface area contributed by atoms with E-state index in [0.717, 1.165) is 18.5 Å². The van der Waals surface area contributed by atoms with Gasteiger partial charge in [0, 0.05) is 25.5 Å². The molecule has 0 aliphatic carbocycles. The first kappa shape index (κ1) is 16.6. The monoisotopic (exact) mass is 328 g/mol. The number of pyridine rings is 1. The highest BCUT2D eigenvalue weighted by molar-refractivity contribution is 5.75. The Hall–Kier alpha value is -2.27. The van der Waals surface area contributed by atoms with Gasteiger partial charge in [-0.2, -0.15) is 0 Å². The van der Waals surface area contributed by atoms with Crippen molar-refractivity contribution in [2.24, 2.45) is 5.41 Å². The van der Waals surface area contributed by atoms with Crippen molar-refractivity contribution in [1.29, 1.82) is 0 Å². The van der Waals surface area contributed by atoms with E-state index < -0.39 is 11.4 Å². The van der Waals surface area contributed by atoms with Crippen LogP contribution in [0.25, 0.3) is 0 Å². The topological polar surface area (TPSA) is 53.4 Å². The number of carboxylic acid groups (broad SMARTS) is 1. The molecule has 0 amide bonds. The molecule has 0 spiro atoms. The lowest BCUT2D eigenvalue weighted by molar-refractivity contribution is -0.152. The first-order valence-electron chi connectivity index (χ1n) is 8.17. The third kappa shape index (κ3) is 3.62. The van der Waals surface area contributed by atoms with Crippen molar-refractivity contribution in [3.05, 3.63) is 65.7 Å². The molecule has 1 unspecified atom stereocenters. The van der Waals surface area contributed by atoms with E-state index in [4.69, 9.17) is 0 Å². The van der Waals surface area contributed by atoms with E-state index in [2.05, 4.69) is 9.88 Å². The summed E-state index contributed by atoms with van der Waals surface area (Å²) in [4.78, 5) is 18.3. The molecule has 0 radical (unpaired) electrons. The molecule has 1 fully saturated rings. The Morgan fingerprint density at radius 1 is 1.29 bits per heavy atom. The fraction of sp³-hybridized carbons (Fsp3) is 0.368. The van der Waals surface area contributed by atoms with Gasteiger partial charge in [-0.15, -0.1) is 0 Å². The van der Waals surface area contributed by atoms with Crippen LogP contribution in [0.3, 0.4) is 0 Å². The molecule has 3 rings (SSSR count). The Kier molecular flexibility index (Phi) is 4.90. The standard InChI is InChI=1S/C19H21FN2O2/c20-17-7-2-1-6-16(17)11-19(18(23)24)8-4-10-22(14-19)13-15-5-3-9-21-12-15/h1-3,5-7,9,12H,4,8,10-11,13-14H2,(H,23,24). The normalized spacial score (nSPS) is 21.5. The SMILES string of the molecule is O=C(O)C1(Cc2ccccc2F)CCCN(Cc2cccnc2)C1. The molecule has 1 saturated heterocycles. The molecule has 126 valence electrons.